The Morgan fingerprint density at radius 1 is 0.885 bits per heavy atom. The summed E-state index contributed by atoms with van der Waals surface area (Å²) < 4.78 is 0. The molecule has 6 rings (SSSR count). The van der Waals surface area contributed by atoms with Gasteiger partial charge in [-0.15, -0.1) is 0 Å². The minimum Gasteiger partial charge on any atom is -0.326 e. The van der Waals surface area contributed by atoms with E-state index >= 15 is 0 Å². The number of benzene rings is 2. The lowest BCUT2D eigenvalue weighted by Crippen LogP contribution is -2.54. The van der Waals surface area contributed by atoms with Crippen molar-refractivity contribution in [1.82, 2.24) is 0 Å². The van der Waals surface area contributed by atoms with E-state index in [1.165, 1.54) is 44.1 Å². The lowest BCUT2D eigenvalue weighted by molar-refractivity contribution is -0.126. The van der Waals surface area contributed by atoms with Crippen LogP contribution >= 0.6 is 0 Å². The minimum absolute atomic E-state index is 0.196. The fourth-order valence-corrected chi connectivity index (χ4v) is 6.86. The smallest absolute Gasteiger partial charge is 0.224 e. The molecule has 2 heteroatoms. The molecule has 4 aliphatic rings. The maximum absolute atomic E-state index is 12.8. The zero-order valence-corrected chi connectivity index (χ0v) is 15.3. The Morgan fingerprint density at radius 3 is 2.15 bits per heavy atom. The third-order valence-electron chi connectivity index (χ3n) is 7.16. The molecule has 134 valence electrons. The zero-order chi connectivity index (χ0) is 17.6. The van der Waals surface area contributed by atoms with Gasteiger partial charge in [0.1, 0.15) is 0 Å². The van der Waals surface area contributed by atoms with Crippen molar-refractivity contribution in [3.8, 4) is 0 Å². The van der Waals surface area contributed by atoms with Crippen LogP contribution in [0.5, 0.6) is 0 Å². The molecule has 4 bridgehead atoms. The number of carbonyl (C=O) groups excluding carboxylic acids is 1. The Labute approximate surface area is 156 Å². The van der Waals surface area contributed by atoms with Crippen LogP contribution in [0.15, 0.2) is 60.7 Å². The van der Waals surface area contributed by atoms with Gasteiger partial charge in [0.05, 0.1) is 0 Å². The summed E-state index contributed by atoms with van der Waals surface area (Å²) in [6, 6.07) is 21.0. The molecular formula is C24H27NO. The molecule has 2 nitrogen and oxygen atoms in total. The first-order valence-corrected chi connectivity index (χ1v) is 10.1. The van der Waals surface area contributed by atoms with Crippen molar-refractivity contribution < 1.29 is 4.79 Å². The van der Waals surface area contributed by atoms with Crippen molar-refractivity contribution in [1.29, 1.82) is 0 Å². The molecule has 0 heterocycles. The Bertz CT molecular complexity index is 783. The van der Waals surface area contributed by atoms with Crippen molar-refractivity contribution in [3.05, 3.63) is 66.2 Å². The van der Waals surface area contributed by atoms with Crippen LogP contribution in [-0.2, 0) is 10.2 Å². The second-order valence-electron chi connectivity index (χ2n) is 9.20. The van der Waals surface area contributed by atoms with Gasteiger partial charge >= 0.3 is 0 Å². The van der Waals surface area contributed by atoms with Gasteiger partial charge in [-0.1, -0.05) is 48.5 Å². The predicted molar refractivity (Wildman–Crippen MR) is 105 cm³/mol. The van der Waals surface area contributed by atoms with Crippen LogP contribution in [0.4, 0.5) is 5.69 Å². The number of carbonyl (C=O) groups is 1. The lowest BCUT2D eigenvalue weighted by Gasteiger charge is -2.62. The van der Waals surface area contributed by atoms with E-state index in [1.807, 2.05) is 30.3 Å². The fourth-order valence-electron chi connectivity index (χ4n) is 6.86. The molecule has 1 amide bonds. The Balaban J connectivity index is 1.40. The van der Waals surface area contributed by atoms with Gasteiger partial charge in [-0.25, -0.2) is 0 Å². The van der Waals surface area contributed by atoms with E-state index in [0.717, 1.165) is 17.5 Å². The van der Waals surface area contributed by atoms with Crippen molar-refractivity contribution >= 4 is 11.6 Å². The highest BCUT2D eigenvalue weighted by molar-refractivity contribution is 5.91. The van der Waals surface area contributed by atoms with Crippen molar-refractivity contribution in [2.24, 2.45) is 17.3 Å². The van der Waals surface area contributed by atoms with E-state index in [-0.39, 0.29) is 11.3 Å². The summed E-state index contributed by atoms with van der Waals surface area (Å²) in [5.41, 5.74) is 2.96. The summed E-state index contributed by atoms with van der Waals surface area (Å²) in [6.07, 6.45) is 8.42. The summed E-state index contributed by atoms with van der Waals surface area (Å²) in [6.45, 7) is 0. The maximum Gasteiger partial charge on any atom is 0.224 e. The monoisotopic (exact) mass is 345 g/mol. The van der Waals surface area contributed by atoms with Crippen molar-refractivity contribution in [3.63, 3.8) is 0 Å². The molecule has 4 aliphatic carbocycles. The third kappa shape index (κ3) is 2.76. The molecule has 0 saturated heterocycles. The van der Waals surface area contributed by atoms with Crippen LogP contribution in [0.2, 0.25) is 0 Å². The van der Waals surface area contributed by atoms with Crippen LogP contribution in [-0.4, -0.2) is 5.91 Å². The molecule has 4 fully saturated rings. The average Bonchev–Trinajstić information content (AvgIpc) is 2.61. The molecule has 0 aromatic heterocycles. The predicted octanol–water partition coefficient (Wildman–Crippen LogP) is 5.55. The highest BCUT2D eigenvalue weighted by Gasteiger charge is 2.58. The summed E-state index contributed by atoms with van der Waals surface area (Å²) >= 11 is 0. The normalized spacial score (nSPS) is 34.6. The van der Waals surface area contributed by atoms with Gasteiger partial charge in [-0.05, 0) is 78.9 Å². The molecule has 26 heavy (non-hydrogen) atoms. The molecule has 0 spiro atoms. The highest BCUT2D eigenvalue weighted by atomic mass is 16.1. The Hall–Kier alpha value is -2.09. The zero-order valence-electron chi connectivity index (χ0n) is 15.3. The second kappa shape index (κ2) is 5.97. The number of nitrogens with one attached hydrogen (secondary N) is 1. The van der Waals surface area contributed by atoms with Gasteiger partial charge in [-0.3, -0.25) is 4.79 Å². The van der Waals surface area contributed by atoms with E-state index in [0.29, 0.717) is 11.8 Å². The number of hydrogen-bond donors (Lipinski definition) is 1. The summed E-state index contributed by atoms with van der Waals surface area (Å²) in [4.78, 5) is 12.8. The van der Waals surface area contributed by atoms with Crippen LogP contribution in [0.3, 0.4) is 0 Å². The van der Waals surface area contributed by atoms with Crippen LogP contribution in [0.1, 0.15) is 50.5 Å². The number of amides is 1. The summed E-state index contributed by atoms with van der Waals surface area (Å²) in [5, 5.41) is 3.13. The van der Waals surface area contributed by atoms with Crippen LogP contribution in [0.25, 0.3) is 0 Å². The molecule has 2 aromatic rings. The molecule has 2 aromatic carbocycles. The molecule has 1 N–H and O–H groups in total. The van der Waals surface area contributed by atoms with Gasteiger partial charge in [0.2, 0.25) is 5.91 Å². The number of hydrogen-bond acceptors (Lipinski definition) is 1. The molecule has 0 unspecified atom stereocenters. The molecule has 2 atom stereocenters. The number of para-hydroxylation sites is 1. The number of anilines is 1. The molecule has 0 aliphatic heterocycles. The molecule has 4 saturated carbocycles. The first-order chi connectivity index (χ1) is 12.6. The largest absolute Gasteiger partial charge is 0.326 e. The van der Waals surface area contributed by atoms with E-state index < -0.39 is 0 Å². The second-order valence-corrected chi connectivity index (χ2v) is 9.20. The van der Waals surface area contributed by atoms with Crippen LogP contribution in [0, 0.1) is 17.3 Å². The first kappa shape index (κ1) is 16.1. The Kier molecular flexibility index (Phi) is 3.70. The topological polar surface area (TPSA) is 29.1 Å². The van der Waals surface area contributed by atoms with Crippen molar-refractivity contribution in [2.45, 2.75) is 50.4 Å². The molecule has 0 radical (unpaired) electrons. The summed E-state index contributed by atoms with van der Waals surface area (Å²) in [5.74, 6) is 1.81. The summed E-state index contributed by atoms with van der Waals surface area (Å²) in [7, 11) is 0. The number of rotatable bonds is 4. The fraction of sp³-hybridized carbons (Fsp3) is 0.458. The maximum atomic E-state index is 12.8. The van der Waals surface area contributed by atoms with Gasteiger partial charge in [-0.2, -0.15) is 0 Å². The SMILES string of the molecule is O=C(CC12C[C@@H]3C[C@@H](C1)CC(c1ccccc1)(C3)C2)Nc1ccccc1. The first-order valence-electron chi connectivity index (χ1n) is 10.1. The Morgan fingerprint density at radius 2 is 1.50 bits per heavy atom. The van der Waals surface area contributed by atoms with E-state index in [9.17, 15) is 4.79 Å². The molecular weight excluding hydrogens is 318 g/mol. The quantitative estimate of drug-likeness (QED) is 0.773. The van der Waals surface area contributed by atoms with E-state index in [2.05, 4.69) is 35.6 Å². The van der Waals surface area contributed by atoms with Crippen molar-refractivity contribution in [2.75, 3.05) is 5.32 Å². The van der Waals surface area contributed by atoms with Gasteiger partial charge in [0.25, 0.3) is 0 Å². The average molecular weight is 345 g/mol. The van der Waals surface area contributed by atoms with Gasteiger partial charge < -0.3 is 5.32 Å². The highest BCUT2D eigenvalue weighted by Crippen LogP contribution is 2.66. The lowest BCUT2D eigenvalue weighted by atomic mass is 9.42. The van der Waals surface area contributed by atoms with Gasteiger partial charge in [0.15, 0.2) is 0 Å². The standard InChI is InChI=1S/C24H27NO/c26-22(25-21-9-5-2-6-10-21)16-23-12-18-11-19(13-23)15-24(14-18,17-23)20-7-3-1-4-8-20/h1-10,18-19H,11-17H2,(H,25,26)/t18-,19-,23?,24?/m0/s1. The minimum atomic E-state index is 0.196. The third-order valence-corrected chi connectivity index (χ3v) is 7.16. The van der Waals surface area contributed by atoms with E-state index in [1.54, 1.807) is 0 Å². The van der Waals surface area contributed by atoms with Gasteiger partial charge in [0, 0.05) is 12.1 Å². The van der Waals surface area contributed by atoms with E-state index in [4.69, 9.17) is 0 Å². The van der Waals surface area contributed by atoms with Crippen LogP contribution < -0.4 is 5.32 Å².